The van der Waals surface area contributed by atoms with Gasteiger partial charge in [0.2, 0.25) is 5.91 Å². The smallest absolute Gasteiger partial charge is 0.316 e. The third-order valence-electron chi connectivity index (χ3n) is 5.40. The first-order valence-corrected chi connectivity index (χ1v) is 9.69. The van der Waals surface area contributed by atoms with Gasteiger partial charge in [0.25, 0.3) is 5.91 Å². The largest absolute Gasteiger partial charge is 0.463 e. The molecule has 2 aliphatic heterocycles. The average molecular weight is 384 g/mol. The van der Waals surface area contributed by atoms with E-state index in [-0.39, 0.29) is 17.7 Å². The van der Waals surface area contributed by atoms with Crippen molar-refractivity contribution in [3.05, 3.63) is 42.6 Å². The quantitative estimate of drug-likeness (QED) is 0.755. The molecule has 2 amide bonds. The van der Waals surface area contributed by atoms with Gasteiger partial charge in [-0.15, -0.1) is 0 Å². The Bertz CT molecular complexity index is 788. The molecule has 8 heteroatoms. The summed E-state index contributed by atoms with van der Waals surface area (Å²) in [5, 5.41) is 0. The van der Waals surface area contributed by atoms with Crippen LogP contribution in [0.3, 0.4) is 0 Å². The van der Waals surface area contributed by atoms with E-state index in [9.17, 15) is 9.59 Å². The molecule has 2 aromatic heterocycles. The maximum atomic E-state index is 12.4. The minimum absolute atomic E-state index is 0.0546. The highest BCUT2D eigenvalue weighted by molar-refractivity contribution is 5.91. The molecule has 0 radical (unpaired) electrons. The number of likely N-dealkylation sites (tertiary alicyclic amines) is 2. The van der Waals surface area contributed by atoms with Crippen LogP contribution >= 0.6 is 0 Å². The fraction of sp³-hybridized carbons (Fsp3) is 0.500. The van der Waals surface area contributed by atoms with Crippen molar-refractivity contribution in [1.29, 1.82) is 0 Å². The Morgan fingerprint density at radius 1 is 1.18 bits per heavy atom. The molecule has 1 atom stereocenters. The van der Waals surface area contributed by atoms with Crippen molar-refractivity contribution in [2.45, 2.75) is 19.3 Å². The molecule has 4 heterocycles. The van der Waals surface area contributed by atoms with Crippen LogP contribution in [0.2, 0.25) is 0 Å². The number of furan rings is 1. The second-order valence-electron chi connectivity index (χ2n) is 7.42. The molecule has 0 saturated carbocycles. The van der Waals surface area contributed by atoms with Gasteiger partial charge in [0, 0.05) is 50.9 Å². The maximum Gasteiger partial charge on any atom is 0.316 e. The molecule has 2 aliphatic rings. The summed E-state index contributed by atoms with van der Waals surface area (Å²) in [4.78, 5) is 36.6. The molecule has 8 nitrogen and oxygen atoms in total. The zero-order valence-electron chi connectivity index (χ0n) is 15.7. The predicted octanol–water partition coefficient (Wildman–Crippen LogP) is 1.85. The van der Waals surface area contributed by atoms with Crippen molar-refractivity contribution in [2.75, 3.05) is 32.8 Å². The van der Waals surface area contributed by atoms with Crippen LogP contribution in [0.4, 0.5) is 0 Å². The lowest BCUT2D eigenvalue weighted by molar-refractivity contribution is -0.128. The van der Waals surface area contributed by atoms with Gasteiger partial charge in [0.05, 0.1) is 12.9 Å². The van der Waals surface area contributed by atoms with Gasteiger partial charge in [-0.05, 0) is 37.0 Å². The number of hydrogen-bond donors (Lipinski definition) is 0. The van der Waals surface area contributed by atoms with Crippen molar-refractivity contribution >= 4 is 11.8 Å². The summed E-state index contributed by atoms with van der Waals surface area (Å²) in [5.74, 6) is 1.09. The second kappa shape index (κ2) is 8.41. The summed E-state index contributed by atoms with van der Waals surface area (Å²) in [5.41, 5.74) is 0. The Hall–Kier alpha value is -2.90. The Morgan fingerprint density at radius 2 is 1.96 bits per heavy atom. The molecule has 0 bridgehead atoms. The molecular weight excluding hydrogens is 360 g/mol. The number of carbonyl (C=O) groups excluding carboxylic acids is 2. The summed E-state index contributed by atoms with van der Waals surface area (Å²) in [6, 6.07) is 5.51. The van der Waals surface area contributed by atoms with E-state index in [2.05, 4.69) is 9.97 Å². The lowest BCUT2D eigenvalue weighted by Crippen LogP contribution is -2.42. The molecule has 2 fully saturated rings. The first kappa shape index (κ1) is 18.5. The Balaban J connectivity index is 1.22. The Kier molecular flexibility index (Phi) is 5.55. The summed E-state index contributed by atoms with van der Waals surface area (Å²) in [7, 11) is 0. The van der Waals surface area contributed by atoms with Crippen LogP contribution in [0.25, 0.3) is 0 Å². The molecule has 2 saturated heterocycles. The zero-order valence-corrected chi connectivity index (χ0v) is 15.7. The minimum Gasteiger partial charge on any atom is -0.463 e. The van der Waals surface area contributed by atoms with Gasteiger partial charge in [-0.2, -0.15) is 0 Å². The fourth-order valence-electron chi connectivity index (χ4n) is 3.88. The zero-order chi connectivity index (χ0) is 19.3. The van der Waals surface area contributed by atoms with Crippen LogP contribution in [0.1, 0.15) is 29.8 Å². The van der Waals surface area contributed by atoms with E-state index >= 15 is 0 Å². The van der Waals surface area contributed by atoms with Gasteiger partial charge in [-0.25, -0.2) is 9.97 Å². The topological polar surface area (TPSA) is 88.8 Å². The van der Waals surface area contributed by atoms with Crippen LogP contribution in [0.15, 0.2) is 41.3 Å². The van der Waals surface area contributed by atoms with Crippen molar-refractivity contribution < 1.29 is 18.7 Å². The molecule has 0 N–H and O–H groups in total. The molecule has 4 rings (SSSR count). The number of amides is 2. The van der Waals surface area contributed by atoms with E-state index in [0.29, 0.717) is 50.4 Å². The van der Waals surface area contributed by atoms with Gasteiger partial charge in [0.15, 0.2) is 5.76 Å². The standard InChI is InChI=1S/C20H24N4O4/c25-18-11-16(14-28-20-21-6-2-7-22-20)13-24(18)12-15-4-8-23(9-5-15)19(26)17-3-1-10-27-17/h1-3,6-7,10,15-16H,4-5,8-9,11-14H2. The number of aromatic nitrogens is 2. The number of carbonyl (C=O) groups is 2. The predicted molar refractivity (Wildman–Crippen MR) is 99.5 cm³/mol. The first-order chi connectivity index (χ1) is 13.7. The van der Waals surface area contributed by atoms with Crippen LogP contribution in [0.5, 0.6) is 6.01 Å². The molecule has 28 heavy (non-hydrogen) atoms. The van der Waals surface area contributed by atoms with Crippen molar-refractivity contribution in [1.82, 2.24) is 19.8 Å². The Labute approximate surface area is 163 Å². The second-order valence-corrected chi connectivity index (χ2v) is 7.42. The Morgan fingerprint density at radius 3 is 2.68 bits per heavy atom. The number of hydrogen-bond acceptors (Lipinski definition) is 6. The third kappa shape index (κ3) is 4.32. The van der Waals surface area contributed by atoms with Crippen molar-refractivity contribution in [3.63, 3.8) is 0 Å². The van der Waals surface area contributed by atoms with Crippen LogP contribution < -0.4 is 4.74 Å². The SMILES string of the molecule is O=C1CC(COc2ncccn2)CN1CC1CCN(C(=O)c2ccco2)CC1. The summed E-state index contributed by atoms with van der Waals surface area (Å²) >= 11 is 0. The molecule has 0 spiro atoms. The van der Waals surface area contributed by atoms with Crippen LogP contribution in [-0.4, -0.2) is 64.4 Å². The minimum atomic E-state index is -0.0546. The van der Waals surface area contributed by atoms with E-state index in [1.165, 1.54) is 6.26 Å². The van der Waals surface area contributed by atoms with E-state index in [0.717, 1.165) is 19.4 Å². The molecule has 1 unspecified atom stereocenters. The first-order valence-electron chi connectivity index (χ1n) is 9.69. The molecular formula is C20H24N4O4. The number of nitrogens with zero attached hydrogens (tertiary/aromatic N) is 4. The fourth-order valence-corrected chi connectivity index (χ4v) is 3.88. The van der Waals surface area contributed by atoms with Gasteiger partial charge in [-0.1, -0.05) is 0 Å². The molecule has 148 valence electrons. The summed E-state index contributed by atoms with van der Waals surface area (Å²) < 4.78 is 10.8. The number of ether oxygens (including phenoxy) is 1. The highest BCUT2D eigenvalue weighted by Gasteiger charge is 2.33. The lowest BCUT2D eigenvalue weighted by Gasteiger charge is -2.33. The van der Waals surface area contributed by atoms with Gasteiger partial charge in [0.1, 0.15) is 0 Å². The summed E-state index contributed by atoms with van der Waals surface area (Å²) in [6.45, 7) is 3.30. The number of piperidine rings is 1. The monoisotopic (exact) mass is 384 g/mol. The lowest BCUT2D eigenvalue weighted by atomic mass is 9.96. The molecule has 0 aliphatic carbocycles. The van der Waals surface area contributed by atoms with E-state index in [1.54, 1.807) is 30.6 Å². The third-order valence-corrected chi connectivity index (χ3v) is 5.40. The van der Waals surface area contributed by atoms with E-state index in [4.69, 9.17) is 9.15 Å². The maximum absolute atomic E-state index is 12.4. The van der Waals surface area contributed by atoms with Gasteiger partial charge in [-0.3, -0.25) is 9.59 Å². The van der Waals surface area contributed by atoms with Gasteiger partial charge >= 0.3 is 6.01 Å². The normalized spacial score (nSPS) is 20.6. The average Bonchev–Trinajstić information content (AvgIpc) is 3.38. The van der Waals surface area contributed by atoms with Crippen LogP contribution in [0, 0.1) is 11.8 Å². The van der Waals surface area contributed by atoms with Crippen molar-refractivity contribution in [3.8, 4) is 6.01 Å². The number of rotatable bonds is 6. The summed E-state index contributed by atoms with van der Waals surface area (Å²) in [6.07, 6.45) is 7.09. The van der Waals surface area contributed by atoms with E-state index in [1.807, 2.05) is 9.80 Å². The van der Waals surface area contributed by atoms with Gasteiger partial charge < -0.3 is 19.0 Å². The van der Waals surface area contributed by atoms with Crippen molar-refractivity contribution in [2.24, 2.45) is 11.8 Å². The highest BCUT2D eigenvalue weighted by atomic mass is 16.5. The van der Waals surface area contributed by atoms with E-state index < -0.39 is 0 Å². The molecule has 2 aromatic rings. The molecule has 0 aromatic carbocycles. The van der Waals surface area contributed by atoms with Crippen LogP contribution in [-0.2, 0) is 4.79 Å². The highest BCUT2D eigenvalue weighted by Crippen LogP contribution is 2.25.